The second-order valence-corrected chi connectivity index (χ2v) is 8.24. The molecule has 1 aliphatic carbocycles. The second-order valence-electron chi connectivity index (χ2n) is 8.24. The average Bonchev–Trinajstić information content (AvgIpc) is 3.36. The molecule has 0 saturated carbocycles. The zero-order valence-electron chi connectivity index (χ0n) is 22.0. The van der Waals surface area contributed by atoms with Crippen LogP contribution in [0.3, 0.4) is 0 Å². The number of rotatable bonds is 12. The predicted molar refractivity (Wildman–Crippen MR) is 137 cm³/mol. The van der Waals surface area contributed by atoms with Crippen LogP contribution in [-0.2, 0) is 28.7 Å². The molecule has 4 atom stereocenters. The second kappa shape index (κ2) is 17.6. The summed E-state index contributed by atoms with van der Waals surface area (Å²) in [7, 11) is 1.66. The minimum atomic E-state index is -1.10. The number of amides is 3. The molecule has 11 heteroatoms. The maximum absolute atomic E-state index is 12.4. The average molecular weight is 524 g/mol. The van der Waals surface area contributed by atoms with Crippen LogP contribution >= 0.6 is 0 Å². The summed E-state index contributed by atoms with van der Waals surface area (Å²) in [5.41, 5.74) is 1.18. The highest BCUT2D eigenvalue weighted by Crippen LogP contribution is 2.29. The number of nitrogens with zero attached hydrogens (tertiary/aromatic N) is 1. The molecule has 11 nitrogen and oxygen atoms in total. The van der Waals surface area contributed by atoms with Gasteiger partial charge in [0.2, 0.25) is 5.91 Å². The SMILES string of the molecule is C=O.CC.CN/C=C\C(=O)NC1OC(CO)C(OCCCCCCN2C(=O)C3=C(CCC=C3)C2=O)C1O. The minimum absolute atomic E-state index is 0.156. The molecule has 208 valence electrons. The van der Waals surface area contributed by atoms with Crippen LogP contribution in [0.4, 0.5) is 0 Å². The first-order chi connectivity index (χ1) is 18.0. The molecule has 37 heavy (non-hydrogen) atoms. The lowest BCUT2D eigenvalue weighted by Crippen LogP contribution is -2.44. The molecule has 0 bridgehead atoms. The molecular weight excluding hydrogens is 482 g/mol. The van der Waals surface area contributed by atoms with Crippen molar-refractivity contribution < 1.29 is 38.9 Å². The largest absolute Gasteiger partial charge is 0.394 e. The van der Waals surface area contributed by atoms with Gasteiger partial charge in [0.25, 0.3) is 11.8 Å². The zero-order chi connectivity index (χ0) is 27.8. The minimum Gasteiger partial charge on any atom is -0.394 e. The molecule has 0 aromatic heterocycles. The molecule has 3 aliphatic rings. The Morgan fingerprint density at radius 3 is 2.57 bits per heavy atom. The van der Waals surface area contributed by atoms with Crippen molar-refractivity contribution in [3.63, 3.8) is 0 Å². The lowest BCUT2D eigenvalue weighted by molar-refractivity contribution is -0.137. The summed E-state index contributed by atoms with van der Waals surface area (Å²) in [5.74, 6) is -0.786. The Hall–Kier alpha value is -2.86. The number of carbonyl (C=O) groups excluding carboxylic acids is 4. The third kappa shape index (κ3) is 8.89. The first kappa shape index (κ1) is 32.2. The van der Waals surface area contributed by atoms with E-state index in [0.717, 1.165) is 19.3 Å². The van der Waals surface area contributed by atoms with Crippen LogP contribution in [0.25, 0.3) is 0 Å². The molecular formula is C26H41N3O8. The molecule has 3 rings (SSSR count). The van der Waals surface area contributed by atoms with Gasteiger partial charge in [0.05, 0.1) is 6.61 Å². The smallest absolute Gasteiger partial charge is 0.261 e. The van der Waals surface area contributed by atoms with E-state index < -0.39 is 30.4 Å². The molecule has 0 radical (unpaired) electrons. The number of aliphatic hydroxyl groups excluding tert-OH is 2. The Kier molecular flexibility index (Phi) is 15.3. The zero-order valence-corrected chi connectivity index (χ0v) is 22.0. The van der Waals surface area contributed by atoms with Gasteiger partial charge in [-0.25, -0.2) is 0 Å². The summed E-state index contributed by atoms with van der Waals surface area (Å²) >= 11 is 0. The van der Waals surface area contributed by atoms with Crippen LogP contribution < -0.4 is 10.6 Å². The number of aliphatic hydroxyl groups is 2. The van der Waals surface area contributed by atoms with Crippen LogP contribution in [-0.4, -0.2) is 91.0 Å². The highest BCUT2D eigenvalue weighted by atomic mass is 16.6. The van der Waals surface area contributed by atoms with Crippen molar-refractivity contribution in [1.29, 1.82) is 0 Å². The maximum Gasteiger partial charge on any atom is 0.261 e. The fourth-order valence-electron chi connectivity index (χ4n) is 4.19. The van der Waals surface area contributed by atoms with Crippen LogP contribution in [0.15, 0.2) is 35.6 Å². The van der Waals surface area contributed by atoms with E-state index in [0.29, 0.717) is 43.6 Å². The standard InChI is InChI=1S/C23H33N3O7.C2H6.CH2O/c1-24-11-10-18(28)25-21-19(29)20(17(14-27)33-21)32-13-7-3-2-6-12-26-22(30)15-8-4-5-9-16(15)23(26)31;2*1-2/h4,8,10-11,17,19-21,24,27,29H,2-3,5-7,9,12-14H2,1H3,(H,25,28);1-2H3;1H2/b11-10-;;. The maximum atomic E-state index is 12.4. The van der Waals surface area contributed by atoms with Crippen molar-refractivity contribution in [3.05, 3.63) is 35.6 Å². The first-order valence-corrected chi connectivity index (χ1v) is 12.7. The summed E-state index contributed by atoms with van der Waals surface area (Å²) in [6, 6.07) is 0. The summed E-state index contributed by atoms with van der Waals surface area (Å²) in [6.45, 7) is 6.42. The summed E-state index contributed by atoms with van der Waals surface area (Å²) in [4.78, 5) is 45.9. The van der Waals surface area contributed by atoms with Gasteiger partial charge in [-0.2, -0.15) is 0 Å². The van der Waals surface area contributed by atoms with Crippen LogP contribution in [0.1, 0.15) is 52.4 Å². The van der Waals surface area contributed by atoms with Gasteiger partial charge in [-0.3, -0.25) is 19.3 Å². The number of hydrogen-bond acceptors (Lipinski definition) is 9. The van der Waals surface area contributed by atoms with E-state index in [-0.39, 0.29) is 18.4 Å². The van der Waals surface area contributed by atoms with Gasteiger partial charge < -0.3 is 35.1 Å². The van der Waals surface area contributed by atoms with Crippen molar-refractivity contribution in [2.45, 2.75) is 76.9 Å². The van der Waals surface area contributed by atoms with Crippen LogP contribution in [0.5, 0.6) is 0 Å². The van der Waals surface area contributed by atoms with E-state index in [2.05, 4.69) is 10.6 Å². The molecule has 0 aromatic carbocycles. The topological polar surface area (TPSA) is 154 Å². The van der Waals surface area contributed by atoms with E-state index in [1.807, 2.05) is 26.7 Å². The van der Waals surface area contributed by atoms with Gasteiger partial charge in [-0.1, -0.05) is 38.8 Å². The van der Waals surface area contributed by atoms with Crippen molar-refractivity contribution in [3.8, 4) is 0 Å². The molecule has 0 spiro atoms. The molecule has 3 amide bonds. The Morgan fingerprint density at radius 2 is 1.92 bits per heavy atom. The predicted octanol–water partition coefficient (Wildman–Crippen LogP) is 0.716. The number of ether oxygens (including phenoxy) is 2. The summed E-state index contributed by atoms with van der Waals surface area (Å²) < 4.78 is 11.3. The molecule has 1 fully saturated rings. The van der Waals surface area contributed by atoms with Crippen LogP contribution in [0.2, 0.25) is 0 Å². The number of hydrogen-bond donors (Lipinski definition) is 4. The molecule has 0 aromatic rings. The first-order valence-electron chi connectivity index (χ1n) is 12.7. The van der Waals surface area contributed by atoms with Crippen molar-refractivity contribution >= 4 is 24.5 Å². The number of carbonyl (C=O) groups is 4. The lowest BCUT2D eigenvalue weighted by Gasteiger charge is -2.20. The highest BCUT2D eigenvalue weighted by molar-refractivity contribution is 6.20. The number of nitrogens with one attached hydrogen (secondary N) is 2. The number of unbranched alkanes of at least 4 members (excludes halogenated alkanes) is 3. The fourth-order valence-corrected chi connectivity index (χ4v) is 4.19. The summed E-state index contributed by atoms with van der Waals surface area (Å²) in [5, 5.41) is 25.2. The van der Waals surface area contributed by atoms with Gasteiger partial charge >= 0.3 is 0 Å². The number of imide groups is 1. The molecule has 2 heterocycles. The van der Waals surface area contributed by atoms with Crippen molar-refractivity contribution in [1.82, 2.24) is 15.5 Å². The molecule has 4 N–H and O–H groups in total. The quantitative estimate of drug-likeness (QED) is 0.164. The normalized spacial score (nSPS) is 24.4. The third-order valence-corrected chi connectivity index (χ3v) is 5.94. The summed E-state index contributed by atoms with van der Waals surface area (Å²) in [6.07, 6.45) is 7.34. The van der Waals surface area contributed by atoms with E-state index >= 15 is 0 Å². The van der Waals surface area contributed by atoms with Gasteiger partial charge in [-0.05, 0) is 25.7 Å². The number of allylic oxidation sites excluding steroid dienone is 1. The van der Waals surface area contributed by atoms with Crippen molar-refractivity contribution in [2.75, 3.05) is 26.8 Å². The van der Waals surface area contributed by atoms with Gasteiger partial charge in [-0.15, -0.1) is 0 Å². The van der Waals surface area contributed by atoms with E-state index in [4.69, 9.17) is 14.3 Å². The molecule has 2 aliphatic heterocycles. The van der Waals surface area contributed by atoms with Gasteiger partial charge in [0, 0.05) is 43.6 Å². The Morgan fingerprint density at radius 1 is 1.22 bits per heavy atom. The fraction of sp³-hybridized carbons (Fsp3) is 0.615. The Labute approximate surface area is 218 Å². The monoisotopic (exact) mass is 523 g/mol. The highest BCUT2D eigenvalue weighted by Gasteiger charge is 2.44. The van der Waals surface area contributed by atoms with Gasteiger partial charge in [0.1, 0.15) is 25.1 Å². The Balaban J connectivity index is 0.00000163. The van der Waals surface area contributed by atoms with Gasteiger partial charge in [0.15, 0.2) is 6.23 Å². The van der Waals surface area contributed by atoms with E-state index in [1.165, 1.54) is 17.2 Å². The van der Waals surface area contributed by atoms with E-state index in [9.17, 15) is 24.6 Å². The molecule has 1 saturated heterocycles. The van der Waals surface area contributed by atoms with Crippen molar-refractivity contribution in [2.24, 2.45) is 0 Å². The lowest BCUT2D eigenvalue weighted by atomic mass is 10.00. The van der Waals surface area contributed by atoms with E-state index in [1.54, 1.807) is 13.1 Å². The Bertz CT molecular complexity index is 842. The van der Waals surface area contributed by atoms with Crippen LogP contribution in [0, 0.1) is 0 Å². The third-order valence-electron chi connectivity index (χ3n) is 5.94. The molecule has 4 unspecified atom stereocenters.